The molecule has 0 spiro atoms. The van der Waals surface area contributed by atoms with E-state index < -0.39 is 0 Å². The average Bonchev–Trinajstić information content (AvgIpc) is 2.54. The Balaban J connectivity index is 1.98. The van der Waals surface area contributed by atoms with Gasteiger partial charge < -0.3 is 10.1 Å². The van der Waals surface area contributed by atoms with E-state index in [9.17, 15) is 4.79 Å². The van der Waals surface area contributed by atoms with Gasteiger partial charge in [-0.05, 0) is 61.2 Å². The zero-order valence-electron chi connectivity index (χ0n) is 12.3. The quantitative estimate of drug-likeness (QED) is 0.801. The number of rotatable bonds is 6. The minimum absolute atomic E-state index is 0.117. The lowest BCUT2D eigenvalue weighted by Crippen LogP contribution is -2.11. The molecule has 1 amide bonds. The fourth-order valence-corrected chi connectivity index (χ4v) is 2.21. The molecule has 21 heavy (non-hydrogen) atoms. The van der Waals surface area contributed by atoms with Crippen LogP contribution in [0.1, 0.15) is 23.7 Å². The Morgan fingerprint density at radius 1 is 1.10 bits per heavy atom. The third-order valence-electron chi connectivity index (χ3n) is 2.94. The molecule has 0 fully saturated rings. The van der Waals surface area contributed by atoms with Crippen molar-refractivity contribution >= 4 is 23.4 Å². The zero-order chi connectivity index (χ0) is 15.1. The van der Waals surface area contributed by atoms with Crippen LogP contribution in [-0.2, 0) is 0 Å². The number of ether oxygens (including phenoxy) is 1. The lowest BCUT2D eigenvalue weighted by molar-refractivity contribution is 0.102. The average molecular weight is 301 g/mol. The van der Waals surface area contributed by atoms with Crippen molar-refractivity contribution in [2.24, 2.45) is 0 Å². The first kappa shape index (κ1) is 15.4. The minimum Gasteiger partial charge on any atom is -0.494 e. The molecule has 0 unspecified atom stereocenters. The molecular weight excluding hydrogens is 282 g/mol. The molecule has 0 heterocycles. The Bertz CT molecular complexity index is 579. The fraction of sp³-hybridized carbons (Fsp3) is 0.235. The number of carbonyl (C=O) groups is 1. The van der Waals surface area contributed by atoms with E-state index >= 15 is 0 Å². The van der Waals surface area contributed by atoms with Crippen LogP contribution in [-0.4, -0.2) is 18.8 Å². The third kappa shape index (κ3) is 4.53. The monoisotopic (exact) mass is 301 g/mol. The van der Waals surface area contributed by atoms with E-state index in [-0.39, 0.29) is 5.91 Å². The largest absolute Gasteiger partial charge is 0.494 e. The molecule has 3 nitrogen and oxygen atoms in total. The SMILES string of the molecule is CCCOc1ccc(C(=O)Nc2ccc(SC)cc2)cc1. The first-order valence-electron chi connectivity index (χ1n) is 6.91. The fourth-order valence-electron chi connectivity index (χ4n) is 1.80. The van der Waals surface area contributed by atoms with Gasteiger partial charge in [-0.2, -0.15) is 0 Å². The highest BCUT2D eigenvalue weighted by Gasteiger charge is 2.06. The minimum atomic E-state index is -0.117. The lowest BCUT2D eigenvalue weighted by Gasteiger charge is -2.07. The maximum atomic E-state index is 12.1. The predicted octanol–water partition coefficient (Wildman–Crippen LogP) is 4.45. The van der Waals surface area contributed by atoms with Gasteiger partial charge in [0, 0.05) is 16.1 Å². The topological polar surface area (TPSA) is 38.3 Å². The molecule has 2 rings (SSSR count). The number of hydrogen-bond donors (Lipinski definition) is 1. The van der Waals surface area contributed by atoms with E-state index in [0.29, 0.717) is 12.2 Å². The van der Waals surface area contributed by atoms with Crippen molar-refractivity contribution < 1.29 is 9.53 Å². The number of amides is 1. The molecule has 0 aliphatic rings. The molecule has 0 aromatic heterocycles. The van der Waals surface area contributed by atoms with Gasteiger partial charge in [-0.25, -0.2) is 0 Å². The van der Waals surface area contributed by atoms with E-state index in [1.807, 2.05) is 42.7 Å². The summed E-state index contributed by atoms with van der Waals surface area (Å²) >= 11 is 1.67. The van der Waals surface area contributed by atoms with Crippen molar-refractivity contribution in [2.75, 3.05) is 18.2 Å². The summed E-state index contributed by atoms with van der Waals surface area (Å²) in [5, 5.41) is 2.88. The van der Waals surface area contributed by atoms with Crippen molar-refractivity contribution in [1.29, 1.82) is 0 Å². The van der Waals surface area contributed by atoms with Crippen LogP contribution in [0.3, 0.4) is 0 Å². The third-order valence-corrected chi connectivity index (χ3v) is 3.68. The second-order valence-electron chi connectivity index (χ2n) is 4.56. The van der Waals surface area contributed by atoms with Gasteiger partial charge in [0.15, 0.2) is 0 Å². The van der Waals surface area contributed by atoms with Crippen LogP contribution in [0.15, 0.2) is 53.4 Å². The lowest BCUT2D eigenvalue weighted by atomic mass is 10.2. The Morgan fingerprint density at radius 3 is 2.33 bits per heavy atom. The highest BCUT2D eigenvalue weighted by atomic mass is 32.2. The molecule has 2 aromatic carbocycles. The van der Waals surface area contributed by atoms with Crippen LogP contribution >= 0.6 is 11.8 Å². The zero-order valence-corrected chi connectivity index (χ0v) is 13.1. The van der Waals surface area contributed by atoms with Crippen molar-refractivity contribution in [3.8, 4) is 5.75 Å². The molecule has 110 valence electrons. The summed E-state index contributed by atoms with van der Waals surface area (Å²) in [6.07, 6.45) is 2.99. The van der Waals surface area contributed by atoms with Crippen molar-refractivity contribution in [3.63, 3.8) is 0 Å². The molecule has 4 heteroatoms. The Hall–Kier alpha value is -1.94. The summed E-state index contributed by atoms with van der Waals surface area (Å²) in [6.45, 7) is 2.75. The van der Waals surface area contributed by atoms with E-state index in [4.69, 9.17) is 4.74 Å². The summed E-state index contributed by atoms with van der Waals surface area (Å²) in [5.41, 5.74) is 1.41. The van der Waals surface area contributed by atoms with Crippen molar-refractivity contribution in [1.82, 2.24) is 0 Å². The van der Waals surface area contributed by atoms with Gasteiger partial charge >= 0.3 is 0 Å². The summed E-state index contributed by atoms with van der Waals surface area (Å²) in [7, 11) is 0. The standard InChI is InChI=1S/C17H19NO2S/c1-3-12-20-15-8-4-13(5-9-15)17(19)18-14-6-10-16(21-2)11-7-14/h4-11H,3,12H2,1-2H3,(H,18,19). The smallest absolute Gasteiger partial charge is 0.255 e. The summed E-state index contributed by atoms with van der Waals surface area (Å²) in [4.78, 5) is 13.3. The normalized spacial score (nSPS) is 10.2. The van der Waals surface area contributed by atoms with Crippen LogP contribution in [0.5, 0.6) is 5.75 Å². The molecular formula is C17H19NO2S. The van der Waals surface area contributed by atoms with E-state index in [1.54, 1.807) is 23.9 Å². The van der Waals surface area contributed by atoms with Crippen LogP contribution in [0.2, 0.25) is 0 Å². The Morgan fingerprint density at radius 2 is 1.76 bits per heavy atom. The van der Waals surface area contributed by atoms with Crippen molar-refractivity contribution in [3.05, 3.63) is 54.1 Å². The van der Waals surface area contributed by atoms with Crippen LogP contribution in [0.25, 0.3) is 0 Å². The maximum absolute atomic E-state index is 12.1. The number of carbonyl (C=O) groups excluding carboxylic acids is 1. The first-order valence-corrected chi connectivity index (χ1v) is 8.13. The van der Waals surface area contributed by atoms with Gasteiger partial charge in [-0.15, -0.1) is 11.8 Å². The molecule has 2 aromatic rings. The summed E-state index contributed by atoms with van der Waals surface area (Å²) in [6, 6.07) is 15.0. The Labute approximate surface area is 129 Å². The first-order chi connectivity index (χ1) is 10.2. The van der Waals surface area contributed by atoms with Crippen molar-refractivity contribution in [2.45, 2.75) is 18.2 Å². The predicted molar refractivity (Wildman–Crippen MR) is 88.4 cm³/mol. The highest BCUT2D eigenvalue weighted by molar-refractivity contribution is 7.98. The second-order valence-corrected chi connectivity index (χ2v) is 5.44. The van der Waals surface area contributed by atoms with Crippen LogP contribution in [0.4, 0.5) is 5.69 Å². The molecule has 0 aliphatic heterocycles. The number of hydrogen-bond acceptors (Lipinski definition) is 3. The number of benzene rings is 2. The molecule has 1 N–H and O–H groups in total. The molecule has 0 atom stereocenters. The molecule has 0 aliphatic carbocycles. The Kier molecular flexibility index (Phi) is 5.69. The van der Waals surface area contributed by atoms with Gasteiger partial charge in [0.05, 0.1) is 6.61 Å². The second kappa shape index (κ2) is 7.74. The summed E-state index contributed by atoms with van der Waals surface area (Å²) < 4.78 is 5.50. The van der Waals surface area contributed by atoms with E-state index in [0.717, 1.165) is 17.9 Å². The summed E-state index contributed by atoms with van der Waals surface area (Å²) in [5.74, 6) is 0.673. The molecule has 0 radical (unpaired) electrons. The number of thioether (sulfide) groups is 1. The van der Waals surface area contributed by atoms with E-state index in [1.165, 1.54) is 4.90 Å². The van der Waals surface area contributed by atoms with Gasteiger partial charge in [0.25, 0.3) is 5.91 Å². The molecule has 0 bridgehead atoms. The number of anilines is 1. The molecule has 0 saturated carbocycles. The van der Waals surface area contributed by atoms with Crippen LogP contribution in [0, 0.1) is 0 Å². The van der Waals surface area contributed by atoms with Gasteiger partial charge in [-0.3, -0.25) is 4.79 Å². The molecule has 0 saturated heterocycles. The van der Waals surface area contributed by atoms with Crippen LogP contribution < -0.4 is 10.1 Å². The highest BCUT2D eigenvalue weighted by Crippen LogP contribution is 2.18. The maximum Gasteiger partial charge on any atom is 0.255 e. The number of nitrogens with one attached hydrogen (secondary N) is 1. The van der Waals surface area contributed by atoms with E-state index in [2.05, 4.69) is 12.2 Å². The van der Waals surface area contributed by atoms with Gasteiger partial charge in [0.2, 0.25) is 0 Å². The van der Waals surface area contributed by atoms with Gasteiger partial charge in [-0.1, -0.05) is 6.92 Å². The van der Waals surface area contributed by atoms with Gasteiger partial charge in [0.1, 0.15) is 5.75 Å².